The van der Waals surface area contributed by atoms with Gasteiger partial charge in [-0.15, -0.1) is 0 Å². The van der Waals surface area contributed by atoms with Crippen molar-refractivity contribution in [1.29, 1.82) is 0 Å². The van der Waals surface area contributed by atoms with Gasteiger partial charge in [0.25, 0.3) is 0 Å². The van der Waals surface area contributed by atoms with Crippen molar-refractivity contribution in [2.75, 3.05) is 13.2 Å². The molecule has 0 saturated carbocycles. The highest BCUT2D eigenvalue weighted by Gasteiger charge is 2.17. The summed E-state index contributed by atoms with van der Waals surface area (Å²) in [4.78, 5) is 8.99. The van der Waals surface area contributed by atoms with Crippen molar-refractivity contribution in [3.8, 4) is 17.1 Å². The normalized spacial score (nSPS) is 17.1. The van der Waals surface area contributed by atoms with E-state index in [4.69, 9.17) is 14.2 Å². The molecule has 1 aliphatic heterocycles. The van der Waals surface area contributed by atoms with E-state index in [1.54, 1.807) is 12.4 Å². The van der Waals surface area contributed by atoms with E-state index in [0.29, 0.717) is 0 Å². The third kappa shape index (κ3) is 9.81. The molecule has 0 radical (unpaired) electrons. The van der Waals surface area contributed by atoms with Crippen molar-refractivity contribution >= 4 is 0 Å². The average molecular weight is 455 g/mol. The third-order valence-electron chi connectivity index (χ3n) is 6.21. The minimum atomic E-state index is 0.000344. The monoisotopic (exact) mass is 454 g/mol. The zero-order valence-electron chi connectivity index (χ0n) is 20.6. The first kappa shape index (κ1) is 25.6. The lowest BCUT2D eigenvalue weighted by Gasteiger charge is -2.26. The Labute approximate surface area is 200 Å². The van der Waals surface area contributed by atoms with Gasteiger partial charge in [-0.05, 0) is 57.4 Å². The minimum absolute atomic E-state index is 0.000344. The molecular formula is C28H42N2O3. The van der Waals surface area contributed by atoms with Crippen molar-refractivity contribution in [1.82, 2.24) is 9.97 Å². The lowest BCUT2D eigenvalue weighted by Crippen LogP contribution is -2.26. The Morgan fingerprint density at radius 3 is 2.45 bits per heavy atom. The number of nitrogens with zero attached hydrogens (tertiary/aromatic N) is 2. The van der Waals surface area contributed by atoms with Crippen LogP contribution in [0.2, 0.25) is 0 Å². The number of hydrogen-bond acceptors (Lipinski definition) is 5. The van der Waals surface area contributed by atoms with Gasteiger partial charge >= 0.3 is 0 Å². The maximum atomic E-state index is 6.02. The van der Waals surface area contributed by atoms with Crippen LogP contribution in [0.1, 0.15) is 90.0 Å². The van der Waals surface area contributed by atoms with Crippen LogP contribution in [-0.2, 0) is 15.9 Å². The van der Waals surface area contributed by atoms with Gasteiger partial charge in [0.05, 0.1) is 25.1 Å². The summed E-state index contributed by atoms with van der Waals surface area (Å²) in [5.41, 5.74) is 2.37. The molecular weight excluding hydrogens is 412 g/mol. The molecule has 33 heavy (non-hydrogen) atoms. The van der Waals surface area contributed by atoms with Crippen LogP contribution in [0.3, 0.4) is 0 Å². The molecule has 1 aliphatic rings. The zero-order valence-corrected chi connectivity index (χ0v) is 20.6. The number of unbranched alkanes of at least 4 members (excludes halogenated alkanes) is 5. The number of benzene rings is 1. The molecule has 1 saturated heterocycles. The molecule has 0 amide bonds. The predicted octanol–water partition coefficient (Wildman–Crippen LogP) is 7.14. The fourth-order valence-electron chi connectivity index (χ4n) is 4.17. The van der Waals surface area contributed by atoms with E-state index in [2.05, 4.69) is 48.1 Å². The Balaban J connectivity index is 1.34. The average Bonchev–Trinajstić information content (AvgIpc) is 2.85. The molecule has 0 bridgehead atoms. The molecule has 5 heteroatoms. The maximum Gasteiger partial charge on any atom is 0.159 e. The molecule has 1 aromatic carbocycles. The van der Waals surface area contributed by atoms with Crippen molar-refractivity contribution in [3.05, 3.63) is 42.2 Å². The number of hydrogen-bond donors (Lipinski definition) is 0. The minimum Gasteiger partial charge on any atom is -0.490 e. The van der Waals surface area contributed by atoms with E-state index in [0.717, 1.165) is 68.9 Å². The summed E-state index contributed by atoms with van der Waals surface area (Å²) in [6.45, 7) is 5.97. The first-order valence-electron chi connectivity index (χ1n) is 13.1. The lowest BCUT2D eigenvalue weighted by atomic mass is 10.0. The van der Waals surface area contributed by atoms with Crippen LogP contribution in [-0.4, -0.2) is 35.6 Å². The molecule has 2 atom stereocenters. The maximum absolute atomic E-state index is 6.02. The molecule has 1 fully saturated rings. The first-order valence-corrected chi connectivity index (χ1v) is 13.1. The van der Waals surface area contributed by atoms with E-state index < -0.39 is 0 Å². The smallest absolute Gasteiger partial charge is 0.159 e. The van der Waals surface area contributed by atoms with Crippen LogP contribution in [0, 0.1) is 0 Å². The Morgan fingerprint density at radius 1 is 0.970 bits per heavy atom. The molecule has 2 unspecified atom stereocenters. The Kier molecular flexibility index (Phi) is 11.7. The summed E-state index contributed by atoms with van der Waals surface area (Å²) in [6.07, 6.45) is 18.0. The van der Waals surface area contributed by atoms with E-state index in [1.165, 1.54) is 44.1 Å². The highest BCUT2D eigenvalue weighted by molar-refractivity contribution is 5.55. The van der Waals surface area contributed by atoms with Gasteiger partial charge in [-0.1, -0.05) is 63.3 Å². The molecule has 0 spiro atoms. The van der Waals surface area contributed by atoms with Crippen molar-refractivity contribution in [2.45, 2.75) is 103 Å². The van der Waals surface area contributed by atoms with E-state index in [1.807, 2.05) is 0 Å². The molecule has 2 heterocycles. The van der Waals surface area contributed by atoms with Crippen molar-refractivity contribution in [3.63, 3.8) is 0 Å². The zero-order chi connectivity index (χ0) is 23.1. The molecule has 2 aromatic rings. The van der Waals surface area contributed by atoms with Gasteiger partial charge in [-0.2, -0.15) is 0 Å². The fourth-order valence-corrected chi connectivity index (χ4v) is 4.17. The number of aromatic nitrogens is 2. The summed E-state index contributed by atoms with van der Waals surface area (Å²) < 4.78 is 17.5. The predicted molar refractivity (Wildman–Crippen MR) is 133 cm³/mol. The Bertz CT molecular complexity index is 758. The van der Waals surface area contributed by atoms with Crippen LogP contribution in [0.4, 0.5) is 0 Å². The second-order valence-corrected chi connectivity index (χ2v) is 9.19. The topological polar surface area (TPSA) is 53.5 Å². The van der Waals surface area contributed by atoms with E-state index in [9.17, 15) is 0 Å². The standard InChI is InChI=1S/C28H42N2O3/c1-3-4-5-6-7-9-19-31-26-21-29-28(30-22-26)25-17-15-24(16-18-25)13-11-12-23(2)33-27-14-8-10-20-32-27/h15-18,21-23,27H,3-14,19-20H2,1-2H3. The van der Waals surface area contributed by atoms with E-state index >= 15 is 0 Å². The SMILES string of the molecule is CCCCCCCCOc1cnc(-c2ccc(CCCC(C)OC3CCCCO3)cc2)nc1. The van der Waals surface area contributed by atoms with Gasteiger partial charge in [0.2, 0.25) is 0 Å². The molecule has 0 N–H and O–H groups in total. The molecule has 5 nitrogen and oxygen atoms in total. The van der Waals surface area contributed by atoms with Gasteiger partial charge in [-0.25, -0.2) is 9.97 Å². The molecule has 3 rings (SSSR count). The van der Waals surface area contributed by atoms with Gasteiger partial charge in [0.1, 0.15) is 0 Å². The largest absolute Gasteiger partial charge is 0.490 e. The summed E-state index contributed by atoms with van der Waals surface area (Å²) in [5.74, 6) is 1.49. The van der Waals surface area contributed by atoms with E-state index in [-0.39, 0.29) is 12.4 Å². The second kappa shape index (κ2) is 15.0. The second-order valence-electron chi connectivity index (χ2n) is 9.19. The third-order valence-corrected chi connectivity index (χ3v) is 6.21. The lowest BCUT2D eigenvalue weighted by molar-refractivity contribution is -0.185. The van der Waals surface area contributed by atoms with Gasteiger partial charge in [-0.3, -0.25) is 0 Å². The molecule has 182 valence electrons. The van der Waals surface area contributed by atoms with Gasteiger partial charge in [0.15, 0.2) is 17.9 Å². The highest BCUT2D eigenvalue weighted by Crippen LogP contribution is 2.20. The summed E-state index contributed by atoms with van der Waals surface area (Å²) in [5, 5.41) is 0. The quantitative estimate of drug-likeness (QED) is 0.268. The number of rotatable bonds is 15. The number of aryl methyl sites for hydroxylation is 1. The van der Waals surface area contributed by atoms with Gasteiger partial charge < -0.3 is 14.2 Å². The van der Waals surface area contributed by atoms with Crippen LogP contribution in [0.5, 0.6) is 5.75 Å². The van der Waals surface area contributed by atoms with Crippen LogP contribution in [0.25, 0.3) is 11.4 Å². The molecule has 1 aromatic heterocycles. The van der Waals surface area contributed by atoms with Crippen LogP contribution < -0.4 is 4.74 Å². The summed E-state index contributed by atoms with van der Waals surface area (Å²) >= 11 is 0. The highest BCUT2D eigenvalue weighted by atomic mass is 16.7. The van der Waals surface area contributed by atoms with Crippen molar-refractivity contribution in [2.24, 2.45) is 0 Å². The first-order chi connectivity index (χ1) is 16.2. The Hall–Kier alpha value is -1.98. The van der Waals surface area contributed by atoms with Gasteiger partial charge in [0, 0.05) is 12.2 Å². The summed E-state index contributed by atoms with van der Waals surface area (Å²) in [6, 6.07) is 8.57. The molecule has 0 aliphatic carbocycles. The number of ether oxygens (including phenoxy) is 3. The fraction of sp³-hybridized carbons (Fsp3) is 0.643. The van der Waals surface area contributed by atoms with Crippen molar-refractivity contribution < 1.29 is 14.2 Å². The van der Waals surface area contributed by atoms with Crippen LogP contribution >= 0.6 is 0 Å². The Morgan fingerprint density at radius 2 is 1.73 bits per heavy atom. The summed E-state index contributed by atoms with van der Waals surface area (Å²) in [7, 11) is 0. The van der Waals surface area contributed by atoms with Crippen LogP contribution in [0.15, 0.2) is 36.7 Å².